The van der Waals surface area contributed by atoms with Gasteiger partial charge in [-0.05, 0) is 64.0 Å². The zero-order valence-electron chi connectivity index (χ0n) is 23.2. The second-order valence-electron chi connectivity index (χ2n) is 10.7. The summed E-state index contributed by atoms with van der Waals surface area (Å²) in [6, 6.07) is -0.115. The van der Waals surface area contributed by atoms with E-state index in [2.05, 4.69) is 4.90 Å². The number of rotatable bonds is 6. The molecule has 218 valence electrons. The maximum atomic E-state index is 12.8. The molecule has 1 aliphatic carbocycles. The van der Waals surface area contributed by atoms with Gasteiger partial charge in [-0.3, -0.25) is 9.69 Å². The van der Waals surface area contributed by atoms with Crippen molar-refractivity contribution in [3.05, 3.63) is 47.7 Å². The molecule has 0 unspecified atom stereocenters. The highest BCUT2D eigenvalue weighted by Gasteiger charge is 2.32. The number of urea groups is 1. The van der Waals surface area contributed by atoms with Gasteiger partial charge >= 0.3 is 12.2 Å². The molecule has 0 spiro atoms. The number of allylic oxidation sites excluding steroid dienone is 4. The minimum Gasteiger partial charge on any atom is -0.342 e. The van der Waals surface area contributed by atoms with Crippen LogP contribution in [-0.2, 0) is 4.79 Å². The third-order valence-electron chi connectivity index (χ3n) is 7.81. The number of nitrogens with zero attached hydrogens (tertiary/aromatic N) is 4. The van der Waals surface area contributed by atoms with Crippen LogP contribution in [0, 0.1) is 5.92 Å². The van der Waals surface area contributed by atoms with Crippen molar-refractivity contribution in [3.63, 3.8) is 0 Å². The Labute approximate surface area is 230 Å². The molecule has 3 fully saturated rings. The van der Waals surface area contributed by atoms with Crippen molar-refractivity contribution < 1.29 is 28.0 Å². The fourth-order valence-electron chi connectivity index (χ4n) is 5.45. The molecule has 0 aromatic carbocycles. The third-order valence-corrected chi connectivity index (χ3v) is 7.81. The largest absolute Gasteiger partial charge is 0.412 e. The number of halogens is 3. The molecule has 0 atom stereocenters. The summed E-state index contributed by atoms with van der Waals surface area (Å²) < 4.78 is 38.0. The Kier molecular flexibility index (Phi) is 11.7. The van der Waals surface area contributed by atoms with Crippen molar-refractivity contribution in [1.29, 1.82) is 0 Å². The molecule has 4 rings (SSSR count). The number of hydrogen-bond acceptors (Lipinski definition) is 4. The molecule has 39 heavy (non-hydrogen) atoms. The Balaban J connectivity index is 0.000000289. The van der Waals surface area contributed by atoms with E-state index in [1.165, 1.54) is 41.7 Å². The molecule has 0 aromatic rings. The lowest BCUT2D eigenvalue weighted by atomic mass is 10.0. The van der Waals surface area contributed by atoms with E-state index in [9.17, 15) is 28.0 Å². The minimum absolute atomic E-state index is 0.0508. The molecular formula is C29H43F3N4O3. The van der Waals surface area contributed by atoms with Gasteiger partial charge in [-0.2, -0.15) is 18.2 Å². The van der Waals surface area contributed by atoms with Gasteiger partial charge in [-0.15, -0.1) is 0 Å². The summed E-state index contributed by atoms with van der Waals surface area (Å²) in [5.41, 5.74) is -0.0893. The molecule has 10 heteroatoms. The Hall–Kier alpha value is -2.59. The second-order valence-corrected chi connectivity index (χ2v) is 10.7. The Morgan fingerprint density at radius 2 is 1.67 bits per heavy atom. The number of likely N-dealkylation sites (tertiary alicyclic amines) is 1. The first-order chi connectivity index (χ1) is 18.6. The summed E-state index contributed by atoms with van der Waals surface area (Å²) >= 11 is 0. The van der Waals surface area contributed by atoms with Gasteiger partial charge < -0.3 is 15.0 Å². The predicted octanol–water partition coefficient (Wildman–Crippen LogP) is 5.90. The number of hydrogen-bond donors (Lipinski definition) is 1. The third kappa shape index (κ3) is 9.24. The number of amides is 3. The maximum Gasteiger partial charge on any atom is 0.412 e. The van der Waals surface area contributed by atoms with E-state index in [-0.39, 0.29) is 18.6 Å². The van der Waals surface area contributed by atoms with E-state index >= 15 is 0 Å². The molecule has 3 aliphatic heterocycles. The predicted molar refractivity (Wildman–Crippen MR) is 145 cm³/mol. The van der Waals surface area contributed by atoms with Gasteiger partial charge in [0.05, 0.1) is 6.54 Å². The molecule has 3 amide bonds. The first-order valence-corrected chi connectivity index (χ1v) is 14.1. The van der Waals surface area contributed by atoms with E-state index in [1.54, 1.807) is 30.2 Å². The summed E-state index contributed by atoms with van der Waals surface area (Å²) in [5, 5.41) is 10.7. The highest BCUT2D eigenvalue weighted by molar-refractivity contribution is 5.79. The Morgan fingerprint density at radius 1 is 1.03 bits per heavy atom. The maximum absolute atomic E-state index is 12.8. The second kappa shape index (κ2) is 14.7. The first kappa shape index (κ1) is 30.9. The molecule has 7 nitrogen and oxygen atoms in total. The van der Waals surface area contributed by atoms with Crippen LogP contribution in [0.3, 0.4) is 0 Å². The smallest absolute Gasteiger partial charge is 0.342 e. The summed E-state index contributed by atoms with van der Waals surface area (Å²) in [4.78, 5) is 29.9. The molecule has 3 heterocycles. The molecule has 2 saturated heterocycles. The monoisotopic (exact) mass is 552 g/mol. The van der Waals surface area contributed by atoms with Crippen molar-refractivity contribution in [2.45, 2.75) is 77.4 Å². The molecule has 1 saturated carbocycles. The van der Waals surface area contributed by atoms with Crippen LogP contribution in [0.15, 0.2) is 47.7 Å². The normalized spacial score (nSPS) is 22.7. The SMILES string of the molecule is C\C=C/C(=C\C=C(/C)C(F)(F)F)CN1C=CCN(C2CCN(O)CC2)C1=O.O=C(C1CCCC1)N1CCCC1. The molecule has 0 aromatic heterocycles. The van der Waals surface area contributed by atoms with Gasteiger partial charge in [-0.25, -0.2) is 4.79 Å². The fraction of sp³-hybridized carbons (Fsp3) is 0.655. The standard InChI is InChI=1S/C19H26F3N3O2.C10H17NO/c1-3-5-16(7-6-15(2)19(20,21)22)14-23-10-4-11-25(18(23)26)17-8-12-24(27)13-9-17;12-10(9-5-1-2-6-9)11-7-3-4-8-11/h3-7,10,17,27H,8-9,11-14H2,1-2H3;9H,1-8H2/b5-3-,15-6+,16-7+;. The van der Waals surface area contributed by atoms with Crippen LogP contribution >= 0.6 is 0 Å². The van der Waals surface area contributed by atoms with E-state index in [4.69, 9.17) is 0 Å². The summed E-state index contributed by atoms with van der Waals surface area (Å²) in [6.07, 6.45) is 13.7. The van der Waals surface area contributed by atoms with E-state index in [0.29, 0.717) is 49.9 Å². The molecule has 0 radical (unpaired) electrons. The van der Waals surface area contributed by atoms with Gasteiger partial charge in [0.25, 0.3) is 0 Å². The van der Waals surface area contributed by atoms with Gasteiger partial charge in [0.2, 0.25) is 5.91 Å². The molecular weight excluding hydrogens is 509 g/mol. The van der Waals surface area contributed by atoms with Crippen molar-refractivity contribution in [1.82, 2.24) is 19.8 Å². The van der Waals surface area contributed by atoms with Crippen LogP contribution in [0.25, 0.3) is 0 Å². The number of carbonyl (C=O) groups is 2. The van der Waals surface area contributed by atoms with Gasteiger partial charge in [0, 0.05) is 56.5 Å². The van der Waals surface area contributed by atoms with Crippen molar-refractivity contribution >= 4 is 11.9 Å². The van der Waals surface area contributed by atoms with Gasteiger partial charge in [0.1, 0.15) is 0 Å². The Morgan fingerprint density at radius 3 is 2.26 bits per heavy atom. The lowest BCUT2D eigenvalue weighted by Crippen LogP contribution is -2.52. The lowest BCUT2D eigenvalue weighted by molar-refractivity contribution is -0.134. The first-order valence-electron chi connectivity index (χ1n) is 14.1. The van der Waals surface area contributed by atoms with Crippen molar-refractivity contribution in [3.8, 4) is 0 Å². The van der Waals surface area contributed by atoms with Gasteiger partial charge in [0.15, 0.2) is 0 Å². The van der Waals surface area contributed by atoms with Crippen molar-refractivity contribution in [2.75, 3.05) is 39.3 Å². The number of carbonyl (C=O) groups excluding carboxylic acids is 2. The zero-order chi connectivity index (χ0) is 28.4. The van der Waals surface area contributed by atoms with Crippen LogP contribution in [0.5, 0.6) is 0 Å². The molecule has 1 N–H and O–H groups in total. The molecule has 0 bridgehead atoms. The van der Waals surface area contributed by atoms with Crippen LogP contribution in [0.4, 0.5) is 18.0 Å². The highest BCUT2D eigenvalue weighted by Crippen LogP contribution is 2.28. The number of alkyl halides is 3. The Bertz CT molecular complexity index is 922. The summed E-state index contributed by atoms with van der Waals surface area (Å²) in [6.45, 7) is 6.57. The van der Waals surface area contributed by atoms with Gasteiger partial charge in [-0.1, -0.05) is 37.1 Å². The summed E-state index contributed by atoms with van der Waals surface area (Å²) in [5.74, 6) is 0.841. The van der Waals surface area contributed by atoms with Crippen LogP contribution in [0.2, 0.25) is 0 Å². The van der Waals surface area contributed by atoms with E-state index in [0.717, 1.165) is 38.9 Å². The average Bonchev–Trinajstić information content (AvgIpc) is 3.63. The minimum atomic E-state index is -4.36. The molecule has 4 aliphatic rings. The van der Waals surface area contributed by atoms with Crippen LogP contribution in [-0.4, -0.2) is 88.4 Å². The van der Waals surface area contributed by atoms with E-state index < -0.39 is 11.7 Å². The lowest BCUT2D eigenvalue weighted by Gasteiger charge is -2.40. The van der Waals surface area contributed by atoms with Crippen LogP contribution in [0.1, 0.15) is 65.2 Å². The zero-order valence-corrected chi connectivity index (χ0v) is 23.2. The number of piperidine rings is 1. The summed E-state index contributed by atoms with van der Waals surface area (Å²) in [7, 11) is 0. The highest BCUT2D eigenvalue weighted by atomic mass is 19.4. The van der Waals surface area contributed by atoms with Crippen molar-refractivity contribution in [2.24, 2.45) is 5.92 Å². The quantitative estimate of drug-likeness (QED) is 0.417. The van der Waals surface area contributed by atoms with E-state index in [1.807, 2.05) is 6.08 Å². The average molecular weight is 553 g/mol. The van der Waals surface area contributed by atoms with Crippen LogP contribution < -0.4 is 0 Å². The topological polar surface area (TPSA) is 67.3 Å². The number of hydroxylamine groups is 2. The fourth-order valence-corrected chi connectivity index (χ4v) is 5.45.